The highest BCUT2D eigenvalue weighted by molar-refractivity contribution is 5.35. The summed E-state index contributed by atoms with van der Waals surface area (Å²) in [5.74, 6) is 1.33. The van der Waals surface area contributed by atoms with Crippen molar-refractivity contribution in [1.29, 1.82) is 0 Å². The molecule has 0 aliphatic carbocycles. The van der Waals surface area contributed by atoms with Gasteiger partial charge >= 0.3 is 6.01 Å². The molecule has 0 aliphatic rings. The Kier molecular flexibility index (Phi) is 6.88. The molecule has 1 aromatic heterocycles. The Labute approximate surface area is 113 Å². The molecule has 1 heterocycles. The van der Waals surface area contributed by atoms with E-state index < -0.39 is 0 Å². The van der Waals surface area contributed by atoms with Gasteiger partial charge in [0, 0.05) is 19.7 Å². The third-order valence-electron chi connectivity index (χ3n) is 2.60. The van der Waals surface area contributed by atoms with Crippen LogP contribution in [-0.4, -0.2) is 46.9 Å². The molecule has 0 aromatic carbocycles. The van der Waals surface area contributed by atoms with Crippen molar-refractivity contribution in [1.82, 2.24) is 15.0 Å². The third kappa shape index (κ3) is 5.69. The normalized spacial score (nSPS) is 12.0. The first-order valence-electron chi connectivity index (χ1n) is 6.58. The number of anilines is 2. The van der Waals surface area contributed by atoms with Crippen molar-refractivity contribution >= 4 is 11.9 Å². The highest BCUT2D eigenvalue weighted by Gasteiger charge is 2.06. The van der Waals surface area contributed by atoms with Crippen LogP contribution in [0.15, 0.2) is 0 Å². The molecule has 0 bridgehead atoms. The number of hydrogen-bond donors (Lipinski definition) is 3. The van der Waals surface area contributed by atoms with E-state index in [-0.39, 0.29) is 12.6 Å². The Morgan fingerprint density at radius 3 is 2.47 bits per heavy atom. The number of rotatable bonds is 9. The lowest BCUT2D eigenvalue weighted by molar-refractivity contribution is 0.229. The monoisotopic (exact) mass is 269 g/mol. The van der Waals surface area contributed by atoms with Crippen molar-refractivity contribution in [2.45, 2.75) is 26.7 Å². The van der Waals surface area contributed by atoms with Gasteiger partial charge in [-0.25, -0.2) is 0 Å². The fraction of sp³-hybridized carbons (Fsp3) is 0.750. The van der Waals surface area contributed by atoms with E-state index in [1.165, 1.54) is 7.11 Å². The summed E-state index contributed by atoms with van der Waals surface area (Å²) >= 11 is 0. The Morgan fingerprint density at radius 1 is 1.21 bits per heavy atom. The molecule has 0 saturated heterocycles. The van der Waals surface area contributed by atoms with E-state index in [0.29, 0.717) is 17.8 Å². The summed E-state index contributed by atoms with van der Waals surface area (Å²) in [7, 11) is 1.53. The molecule has 0 fully saturated rings. The van der Waals surface area contributed by atoms with Gasteiger partial charge in [0.1, 0.15) is 0 Å². The lowest BCUT2D eigenvalue weighted by Gasteiger charge is -2.10. The van der Waals surface area contributed by atoms with Crippen LogP contribution in [0.25, 0.3) is 0 Å². The summed E-state index contributed by atoms with van der Waals surface area (Å²) in [5, 5.41) is 15.1. The van der Waals surface area contributed by atoms with Crippen molar-refractivity contribution in [2.24, 2.45) is 5.92 Å². The second kappa shape index (κ2) is 8.47. The van der Waals surface area contributed by atoms with E-state index in [4.69, 9.17) is 9.84 Å². The quantitative estimate of drug-likeness (QED) is 0.579. The van der Waals surface area contributed by atoms with Gasteiger partial charge in [0.15, 0.2) is 0 Å². The molecule has 19 heavy (non-hydrogen) atoms. The molecule has 108 valence electrons. The minimum Gasteiger partial charge on any atom is -0.467 e. The Bertz CT molecular complexity index is 375. The number of aromatic nitrogens is 3. The highest BCUT2D eigenvalue weighted by atomic mass is 16.5. The van der Waals surface area contributed by atoms with Crippen molar-refractivity contribution in [3.05, 3.63) is 0 Å². The summed E-state index contributed by atoms with van der Waals surface area (Å²) in [4.78, 5) is 12.4. The van der Waals surface area contributed by atoms with Crippen molar-refractivity contribution in [2.75, 3.05) is 37.4 Å². The average Bonchev–Trinajstić information content (AvgIpc) is 2.43. The molecule has 1 rings (SSSR count). The van der Waals surface area contributed by atoms with Crippen LogP contribution in [0.5, 0.6) is 6.01 Å². The van der Waals surface area contributed by atoms with Gasteiger partial charge in [0.05, 0.1) is 7.11 Å². The maximum atomic E-state index is 8.94. The average molecular weight is 269 g/mol. The minimum atomic E-state index is 0.226. The number of nitrogens with zero attached hydrogens (tertiary/aromatic N) is 3. The predicted molar refractivity (Wildman–Crippen MR) is 74.5 cm³/mol. The van der Waals surface area contributed by atoms with Crippen molar-refractivity contribution in [3.63, 3.8) is 0 Å². The first kappa shape index (κ1) is 15.4. The molecule has 1 aromatic rings. The molecule has 7 heteroatoms. The molecule has 0 radical (unpaired) electrons. The number of hydrogen-bond acceptors (Lipinski definition) is 7. The topological polar surface area (TPSA) is 92.2 Å². The lowest BCUT2D eigenvalue weighted by Crippen LogP contribution is -2.12. The number of nitrogens with one attached hydrogen (secondary N) is 2. The first-order chi connectivity index (χ1) is 9.19. The van der Waals surface area contributed by atoms with Crippen molar-refractivity contribution < 1.29 is 9.84 Å². The first-order valence-corrected chi connectivity index (χ1v) is 6.58. The summed E-state index contributed by atoms with van der Waals surface area (Å²) in [6.07, 6.45) is 1.91. The lowest BCUT2D eigenvalue weighted by atomic mass is 10.1. The fourth-order valence-electron chi connectivity index (χ4n) is 1.51. The van der Waals surface area contributed by atoms with Gasteiger partial charge in [-0.15, -0.1) is 0 Å². The maximum Gasteiger partial charge on any atom is 0.322 e. The van der Waals surface area contributed by atoms with E-state index in [2.05, 4.69) is 25.6 Å². The van der Waals surface area contributed by atoms with Gasteiger partial charge in [-0.3, -0.25) is 0 Å². The van der Waals surface area contributed by atoms with Gasteiger partial charge < -0.3 is 20.5 Å². The molecule has 0 amide bonds. The van der Waals surface area contributed by atoms with E-state index in [0.717, 1.165) is 25.9 Å². The minimum absolute atomic E-state index is 0.226. The van der Waals surface area contributed by atoms with Crippen LogP contribution in [-0.2, 0) is 0 Å². The van der Waals surface area contributed by atoms with Gasteiger partial charge in [0.2, 0.25) is 11.9 Å². The second-order valence-corrected chi connectivity index (χ2v) is 4.36. The predicted octanol–water partition coefficient (Wildman–Crippen LogP) is 1.13. The van der Waals surface area contributed by atoms with Crippen LogP contribution >= 0.6 is 0 Å². The summed E-state index contributed by atoms with van der Waals surface area (Å²) in [6.45, 7) is 5.71. The van der Waals surface area contributed by atoms with Gasteiger partial charge in [0.25, 0.3) is 0 Å². The zero-order valence-corrected chi connectivity index (χ0v) is 11.8. The zero-order chi connectivity index (χ0) is 14.1. The molecule has 1 unspecified atom stereocenters. The number of aliphatic hydroxyl groups is 1. The van der Waals surface area contributed by atoms with Gasteiger partial charge in [-0.2, -0.15) is 15.0 Å². The zero-order valence-electron chi connectivity index (χ0n) is 11.8. The number of ether oxygens (including phenoxy) is 1. The second-order valence-electron chi connectivity index (χ2n) is 4.36. The number of aliphatic hydroxyl groups excluding tert-OH is 1. The molecule has 0 spiro atoms. The molecule has 1 atom stereocenters. The number of methoxy groups -OCH3 is 1. The fourth-order valence-corrected chi connectivity index (χ4v) is 1.51. The van der Waals surface area contributed by atoms with Crippen LogP contribution in [0.4, 0.5) is 11.9 Å². The standard InChI is InChI=1S/C12H23N5O2/c1-4-13-10-15-11(17-12(16-10)19-3)14-7-5-6-9(2)8-18/h9,18H,4-8H2,1-3H3,(H2,13,14,15,16,17). The third-order valence-corrected chi connectivity index (χ3v) is 2.60. The van der Waals surface area contributed by atoms with E-state index in [1.807, 2.05) is 13.8 Å². The highest BCUT2D eigenvalue weighted by Crippen LogP contribution is 2.11. The van der Waals surface area contributed by atoms with Crippen LogP contribution in [0.3, 0.4) is 0 Å². The van der Waals surface area contributed by atoms with Crippen LogP contribution in [0.2, 0.25) is 0 Å². The van der Waals surface area contributed by atoms with E-state index in [9.17, 15) is 0 Å². The van der Waals surface area contributed by atoms with Gasteiger partial charge in [-0.05, 0) is 25.7 Å². The summed E-state index contributed by atoms with van der Waals surface area (Å²) < 4.78 is 5.03. The van der Waals surface area contributed by atoms with E-state index >= 15 is 0 Å². The largest absolute Gasteiger partial charge is 0.467 e. The molecule has 0 aliphatic heterocycles. The van der Waals surface area contributed by atoms with Crippen LogP contribution in [0, 0.1) is 5.92 Å². The maximum absolute atomic E-state index is 8.94. The van der Waals surface area contributed by atoms with Crippen molar-refractivity contribution in [3.8, 4) is 6.01 Å². The van der Waals surface area contributed by atoms with E-state index in [1.54, 1.807) is 0 Å². The Balaban J connectivity index is 2.49. The van der Waals surface area contributed by atoms with Gasteiger partial charge in [-0.1, -0.05) is 6.92 Å². The van der Waals surface area contributed by atoms with Crippen LogP contribution in [0.1, 0.15) is 26.7 Å². The SMILES string of the molecule is CCNc1nc(NCCCC(C)CO)nc(OC)n1. The molecule has 3 N–H and O–H groups in total. The Hall–Kier alpha value is -1.63. The smallest absolute Gasteiger partial charge is 0.322 e. The molecular formula is C12H23N5O2. The summed E-state index contributed by atoms with van der Waals surface area (Å²) in [6, 6.07) is 0.289. The molecule has 7 nitrogen and oxygen atoms in total. The molecule has 0 saturated carbocycles. The Morgan fingerprint density at radius 2 is 1.89 bits per heavy atom. The molecular weight excluding hydrogens is 246 g/mol. The summed E-state index contributed by atoms with van der Waals surface area (Å²) in [5.41, 5.74) is 0. The van der Waals surface area contributed by atoms with Crippen LogP contribution < -0.4 is 15.4 Å².